The molecule has 0 aromatic heterocycles. The van der Waals surface area contributed by atoms with Crippen molar-refractivity contribution in [2.75, 3.05) is 62.3 Å². The summed E-state index contributed by atoms with van der Waals surface area (Å²) in [6, 6.07) is 7.54. The summed E-state index contributed by atoms with van der Waals surface area (Å²) in [6.07, 6.45) is 3.69. The summed E-state index contributed by atoms with van der Waals surface area (Å²) in [5, 5.41) is 2.81. The molecule has 0 bridgehead atoms. The number of hydrogen-bond acceptors (Lipinski definition) is 5. The minimum Gasteiger partial charge on any atom is -0.372 e. The van der Waals surface area contributed by atoms with Crippen LogP contribution in [0.3, 0.4) is 0 Å². The molecular formula is C18H30N4O3S. The van der Waals surface area contributed by atoms with Gasteiger partial charge in [0, 0.05) is 44.8 Å². The Bertz CT molecular complexity index is 683. The molecule has 0 atom stereocenters. The summed E-state index contributed by atoms with van der Waals surface area (Å²) >= 11 is 0. The molecule has 1 N–H and O–H groups in total. The number of nitrogens with one attached hydrogen (secondary N) is 1. The Morgan fingerprint density at radius 1 is 1.12 bits per heavy atom. The van der Waals surface area contributed by atoms with Gasteiger partial charge in [0.05, 0.1) is 11.9 Å². The summed E-state index contributed by atoms with van der Waals surface area (Å²) in [5.74, 6) is -0.144. The number of amides is 1. The van der Waals surface area contributed by atoms with Gasteiger partial charge >= 0.3 is 0 Å². The standard InChI is InChI=1S/C18H30N4O3S/c1-20(2)15-11-19-18(23)10-14-22(26(3,24)25)17-8-6-16(7-9-17)21-12-4-5-13-21/h6-9H,4-5,10-15H2,1-3H3,(H,19,23). The molecule has 2 rings (SSSR count). The Morgan fingerprint density at radius 3 is 2.27 bits per heavy atom. The van der Waals surface area contributed by atoms with E-state index in [9.17, 15) is 13.2 Å². The average molecular weight is 383 g/mol. The van der Waals surface area contributed by atoms with Gasteiger partial charge in [0.2, 0.25) is 15.9 Å². The van der Waals surface area contributed by atoms with Gasteiger partial charge in [0.1, 0.15) is 0 Å². The predicted octanol–water partition coefficient (Wildman–Crippen LogP) is 1.12. The molecule has 26 heavy (non-hydrogen) atoms. The first-order chi connectivity index (χ1) is 12.3. The summed E-state index contributed by atoms with van der Waals surface area (Å²) in [5.41, 5.74) is 1.71. The second-order valence-corrected chi connectivity index (χ2v) is 8.86. The van der Waals surface area contributed by atoms with Gasteiger partial charge in [-0.05, 0) is 51.2 Å². The molecule has 8 heteroatoms. The Balaban J connectivity index is 1.97. The third kappa shape index (κ3) is 6.17. The zero-order valence-electron chi connectivity index (χ0n) is 15.9. The van der Waals surface area contributed by atoms with E-state index in [2.05, 4.69) is 10.2 Å². The van der Waals surface area contributed by atoms with Crippen LogP contribution in [0.2, 0.25) is 0 Å². The van der Waals surface area contributed by atoms with Gasteiger partial charge in [-0.15, -0.1) is 0 Å². The van der Waals surface area contributed by atoms with Gasteiger partial charge in [-0.25, -0.2) is 8.42 Å². The van der Waals surface area contributed by atoms with E-state index < -0.39 is 10.0 Å². The lowest BCUT2D eigenvalue weighted by molar-refractivity contribution is -0.120. The van der Waals surface area contributed by atoms with Gasteiger partial charge in [-0.3, -0.25) is 9.10 Å². The minimum atomic E-state index is -3.45. The van der Waals surface area contributed by atoms with E-state index in [4.69, 9.17) is 0 Å². The lowest BCUT2D eigenvalue weighted by Crippen LogP contribution is -2.36. The fourth-order valence-corrected chi connectivity index (χ4v) is 3.93. The molecule has 1 aliphatic heterocycles. The van der Waals surface area contributed by atoms with E-state index in [1.54, 1.807) is 0 Å². The van der Waals surface area contributed by atoms with E-state index in [1.165, 1.54) is 23.4 Å². The van der Waals surface area contributed by atoms with E-state index >= 15 is 0 Å². The van der Waals surface area contributed by atoms with Crippen molar-refractivity contribution < 1.29 is 13.2 Å². The fourth-order valence-electron chi connectivity index (χ4n) is 3.00. The van der Waals surface area contributed by atoms with Crippen molar-refractivity contribution in [3.63, 3.8) is 0 Å². The first-order valence-corrected chi connectivity index (χ1v) is 10.9. The van der Waals surface area contributed by atoms with Crippen LogP contribution in [-0.2, 0) is 14.8 Å². The Hall–Kier alpha value is -1.80. The van der Waals surface area contributed by atoms with Gasteiger partial charge in [-0.1, -0.05) is 0 Å². The van der Waals surface area contributed by atoms with Crippen molar-refractivity contribution in [3.05, 3.63) is 24.3 Å². The van der Waals surface area contributed by atoms with E-state index in [-0.39, 0.29) is 18.9 Å². The third-order valence-electron chi connectivity index (χ3n) is 4.43. The maximum atomic E-state index is 12.2. The lowest BCUT2D eigenvalue weighted by atomic mass is 10.2. The normalized spacial score (nSPS) is 14.7. The van der Waals surface area contributed by atoms with Crippen molar-refractivity contribution in [3.8, 4) is 0 Å². The SMILES string of the molecule is CN(C)CCNC(=O)CCN(c1ccc(N2CCCC2)cc1)S(C)(=O)=O. The summed E-state index contributed by atoms with van der Waals surface area (Å²) in [7, 11) is 0.420. The molecule has 7 nitrogen and oxygen atoms in total. The number of hydrogen-bond donors (Lipinski definition) is 1. The van der Waals surface area contributed by atoms with Crippen LogP contribution in [0.5, 0.6) is 0 Å². The number of anilines is 2. The van der Waals surface area contributed by atoms with Crippen molar-refractivity contribution in [1.29, 1.82) is 0 Å². The zero-order valence-corrected chi connectivity index (χ0v) is 16.8. The molecule has 0 saturated carbocycles. The predicted molar refractivity (Wildman–Crippen MR) is 106 cm³/mol. The second kappa shape index (κ2) is 9.23. The van der Waals surface area contributed by atoms with Crippen molar-refractivity contribution >= 4 is 27.3 Å². The number of rotatable bonds is 9. The highest BCUT2D eigenvalue weighted by molar-refractivity contribution is 7.92. The van der Waals surface area contributed by atoms with Gasteiger partial charge in [-0.2, -0.15) is 0 Å². The molecule has 1 amide bonds. The number of carbonyl (C=O) groups excluding carboxylic acids is 1. The largest absolute Gasteiger partial charge is 0.372 e. The summed E-state index contributed by atoms with van der Waals surface area (Å²) in [6.45, 7) is 3.52. The van der Waals surface area contributed by atoms with Gasteiger partial charge < -0.3 is 15.1 Å². The first kappa shape index (κ1) is 20.5. The highest BCUT2D eigenvalue weighted by Gasteiger charge is 2.19. The summed E-state index contributed by atoms with van der Waals surface area (Å²) in [4.78, 5) is 16.2. The molecule has 1 saturated heterocycles. The second-order valence-electron chi connectivity index (χ2n) is 6.95. The molecule has 1 aromatic carbocycles. The molecule has 0 unspecified atom stereocenters. The number of benzene rings is 1. The van der Waals surface area contributed by atoms with Gasteiger partial charge in [0.25, 0.3) is 0 Å². The summed E-state index contributed by atoms with van der Waals surface area (Å²) < 4.78 is 25.6. The van der Waals surface area contributed by atoms with Crippen LogP contribution >= 0.6 is 0 Å². The van der Waals surface area contributed by atoms with Crippen LogP contribution in [-0.4, -0.2) is 72.3 Å². The molecular weight excluding hydrogens is 352 g/mol. The molecule has 0 aliphatic carbocycles. The smallest absolute Gasteiger partial charge is 0.232 e. The van der Waals surface area contributed by atoms with Crippen LogP contribution < -0.4 is 14.5 Å². The Kier molecular flexibility index (Phi) is 7.28. The van der Waals surface area contributed by atoms with Crippen LogP contribution in [0.15, 0.2) is 24.3 Å². The van der Waals surface area contributed by atoms with Crippen molar-refractivity contribution in [1.82, 2.24) is 10.2 Å². The van der Waals surface area contributed by atoms with Crippen LogP contribution in [0.4, 0.5) is 11.4 Å². The first-order valence-electron chi connectivity index (χ1n) is 9.01. The number of likely N-dealkylation sites (N-methyl/N-ethyl adjacent to an activating group) is 1. The van der Waals surface area contributed by atoms with E-state index in [0.29, 0.717) is 12.2 Å². The Labute approximate surface area is 157 Å². The maximum absolute atomic E-state index is 12.2. The van der Waals surface area contributed by atoms with Gasteiger partial charge in [0.15, 0.2) is 0 Å². The topological polar surface area (TPSA) is 73.0 Å². The molecule has 1 aromatic rings. The fraction of sp³-hybridized carbons (Fsp3) is 0.611. The number of nitrogens with zero attached hydrogens (tertiary/aromatic N) is 3. The van der Waals surface area contributed by atoms with Crippen LogP contribution in [0.1, 0.15) is 19.3 Å². The average Bonchev–Trinajstić information content (AvgIpc) is 3.08. The van der Waals surface area contributed by atoms with Crippen molar-refractivity contribution in [2.24, 2.45) is 0 Å². The highest BCUT2D eigenvalue weighted by atomic mass is 32.2. The molecule has 0 radical (unpaired) electrons. The maximum Gasteiger partial charge on any atom is 0.232 e. The number of carbonyl (C=O) groups is 1. The van der Waals surface area contributed by atoms with Crippen LogP contribution in [0, 0.1) is 0 Å². The molecule has 1 aliphatic rings. The molecule has 0 spiro atoms. The Morgan fingerprint density at radius 2 is 1.73 bits per heavy atom. The lowest BCUT2D eigenvalue weighted by Gasteiger charge is -2.24. The quantitative estimate of drug-likeness (QED) is 0.693. The van der Waals surface area contributed by atoms with Crippen LogP contribution in [0.25, 0.3) is 0 Å². The molecule has 1 fully saturated rings. The molecule has 146 valence electrons. The highest BCUT2D eigenvalue weighted by Crippen LogP contribution is 2.25. The zero-order chi connectivity index (χ0) is 19.2. The van der Waals surface area contributed by atoms with Crippen molar-refractivity contribution in [2.45, 2.75) is 19.3 Å². The number of sulfonamides is 1. The molecule has 1 heterocycles. The minimum absolute atomic E-state index is 0.133. The monoisotopic (exact) mass is 382 g/mol. The third-order valence-corrected chi connectivity index (χ3v) is 5.63. The van der Waals surface area contributed by atoms with E-state index in [1.807, 2.05) is 43.3 Å². The van der Waals surface area contributed by atoms with E-state index in [0.717, 1.165) is 25.3 Å².